The van der Waals surface area contributed by atoms with E-state index in [9.17, 15) is 8.78 Å². The molecular weight excluding hydrogens is 164 g/mol. The van der Waals surface area contributed by atoms with Crippen molar-refractivity contribution in [2.24, 2.45) is 0 Å². The van der Waals surface area contributed by atoms with Crippen LogP contribution >= 0.6 is 12.4 Å². The molecule has 5 heteroatoms. The van der Waals surface area contributed by atoms with Crippen LogP contribution in [0.25, 0.3) is 0 Å². The molecule has 0 aromatic rings. The average molecular weight is 176 g/mol. The third kappa shape index (κ3) is 6.19. The first-order chi connectivity index (χ1) is 4.12. The molecule has 0 heterocycles. The second-order valence-corrected chi connectivity index (χ2v) is 1.60. The molecule has 0 saturated carbocycles. The highest BCUT2D eigenvalue weighted by Gasteiger charge is 2.27. The monoisotopic (exact) mass is 175 g/mol. The maximum atomic E-state index is 12.1. The third-order valence-corrected chi connectivity index (χ3v) is 0.738. The van der Waals surface area contributed by atoms with Gasteiger partial charge < -0.3 is 10.1 Å². The molecule has 10 heavy (non-hydrogen) atoms. The van der Waals surface area contributed by atoms with E-state index in [1.165, 1.54) is 14.0 Å². The smallest absolute Gasteiger partial charge is 0.320 e. The lowest BCUT2D eigenvalue weighted by Gasteiger charge is -2.14. The summed E-state index contributed by atoms with van der Waals surface area (Å²) in [6.45, 7) is 1.14. The van der Waals surface area contributed by atoms with Crippen molar-refractivity contribution in [3.8, 4) is 0 Å². The molecule has 0 aliphatic carbocycles. The Morgan fingerprint density at radius 2 is 2.00 bits per heavy atom. The van der Waals surface area contributed by atoms with E-state index >= 15 is 0 Å². The molecular formula is C5H12ClF2NO. The number of hydrogen-bond donors (Lipinski definition) is 1. The second kappa shape index (κ2) is 5.82. The van der Waals surface area contributed by atoms with E-state index in [1.807, 2.05) is 0 Å². The van der Waals surface area contributed by atoms with Crippen molar-refractivity contribution in [2.75, 3.05) is 20.2 Å². The van der Waals surface area contributed by atoms with Crippen LogP contribution in [-0.2, 0) is 4.74 Å². The lowest BCUT2D eigenvalue weighted by molar-refractivity contribution is -0.230. The van der Waals surface area contributed by atoms with Gasteiger partial charge in [0.05, 0.1) is 13.2 Å². The molecule has 0 unspecified atom stereocenters. The SMILES string of the molecule is CCOC(F)(F)CNC.Cl. The molecule has 2 nitrogen and oxygen atoms in total. The summed E-state index contributed by atoms with van der Waals surface area (Å²) in [5.41, 5.74) is 0. The van der Waals surface area contributed by atoms with Gasteiger partial charge in [-0.1, -0.05) is 0 Å². The Kier molecular flexibility index (Phi) is 7.41. The van der Waals surface area contributed by atoms with E-state index in [0.717, 1.165) is 0 Å². The highest BCUT2D eigenvalue weighted by Crippen LogP contribution is 2.12. The van der Waals surface area contributed by atoms with E-state index in [4.69, 9.17) is 0 Å². The fraction of sp³-hybridized carbons (Fsp3) is 1.00. The van der Waals surface area contributed by atoms with E-state index < -0.39 is 12.7 Å². The van der Waals surface area contributed by atoms with E-state index in [-0.39, 0.29) is 19.0 Å². The lowest BCUT2D eigenvalue weighted by atomic mass is 10.6. The topological polar surface area (TPSA) is 21.3 Å². The molecule has 0 bridgehead atoms. The van der Waals surface area contributed by atoms with Crippen molar-refractivity contribution in [1.82, 2.24) is 5.32 Å². The predicted molar refractivity (Wildman–Crippen MR) is 37.7 cm³/mol. The Morgan fingerprint density at radius 1 is 1.50 bits per heavy atom. The Bertz CT molecular complexity index is 74.0. The largest absolute Gasteiger partial charge is 0.368 e. The summed E-state index contributed by atoms with van der Waals surface area (Å²) in [5, 5.41) is 2.32. The summed E-state index contributed by atoms with van der Waals surface area (Å²) in [7, 11) is 1.45. The van der Waals surface area contributed by atoms with Crippen LogP contribution in [0.5, 0.6) is 0 Å². The number of rotatable bonds is 4. The van der Waals surface area contributed by atoms with E-state index in [1.54, 1.807) is 0 Å². The van der Waals surface area contributed by atoms with E-state index in [0.29, 0.717) is 0 Å². The van der Waals surface area contributed by atoms with Crippen LogP contribution in [0.15, 0.2) is 0 Å². The van der Waals surface area contributed by atoms with E-state index in [2.05, 4.69) is 10.1 Å². The molecule has 0 aromatic heterocycles. The average Bonchev–Trinajstić information content (AvgIpc) is 1.64. The standard InChI is InChI=1S/C5H11F2NO.ClH/c1-3-9-5(6,7)4-8-2;/h8H,3-4H2,1-2H3;1H. The molecule has 0 saturated heterocycles. The minimum atomic E-state index is -3.01. The lowest BCUT2D eigenvalue weighted by Crippen LogP contribution is -2.33. The van der Waals surface area contributed by atoms with Gasteiger partial charge in [-0.05, 0) is 14.0 Å². The second-order valence-electron chi connectivity index (χ2n) is 1.60. The van der Waals surface area contributed by atoms with Crippen molar-refractivity contribution in [3.05, 3.63) is 0 Å². The van der Waals surface area contributed by atoms with Gasteiger partial charge in [-0.2, -0.15) is 8.78 Å². The van der Waals surface area contributed by atoms with Gasteiger partial charge in [0.2, 0.25) is 0 Å². The Labute approximate surface area is 65.3 Å². The van der Waals surface area contributed by atoms with Crippen molar-refractivity contribution in [2.45, 2.75) is 13.0 Å². The summed E-state index contributed by atoms with van der Waals surface area (Å²) in [6.07, 6.45) is -3.01. The molecule has 0 rings (SSSR count). The summed E-state index contributed by atoms with van der Waals surface area (Å²) in [4.78, 5) is 0. The van der Waals surface area contributed by atoms with Crippen molar-refractivity contribution in [1.29, 1.82) is 0 Å². The first kappa shape index (κ1) is 12.7. The molecule has 0 aliphatic rings. The number of likely N-dealkylation sites (N-methyl/N-ethyl adjacent to an activating group) is 1. The van der Waals surface area contributed by atoms with Crippen LogP contribution in [0, 0.1) is 0 Å². The number of hydrogen-bond acceptors (Lipinski definition) is 2. The van der Waals surface area contributed by atoms with Gasteiger partial charge in [-0.25, -0.2) is 0 Å². The Morgan fingerprint density at radius 3 is 2.30 bits per heavy atom. The third-order valence-electron chi connectivity index (χ3n) is 0.738. The zero-order valence-corrected chi connectivity index (χ0v) is 6.80. The Balaban J connectivity index is 0. The van der Waals surface area contributed by atoms with Gasteiger partial charge in [0.15, 0.2) is 0 Å². The van der Waals surface area contributed by atoms with Crippen LogP contribution in [0.2, 0.25) is 0 Å². The highest BCUT2D eigenvalue weighted by molar-refractivity contribution is 5.85. The van der Waals surface area contributed by atoms with Crippen LogP contribution in [0.4, 0.5) is 8.78 Å². The van der Waals surface area contributed by atoms with Gasteiger partial charge >= 0.3 is 6.11 Å². The number of nitrogens with one attached hydrogen (secondary N) is 1. The molecule has 0 radical (unpaired) electrons. The fourth-order valence-corrected chi connectivity index (χ4v) is 0.468. The van der Waals surface area contributed by atoms with Crippen LogP contribution in [0.1, 0.15) is 6.92 Å². The van der Waals surface area contributed by atoms with Crippen LogP contribution in [-0.4, -0.2) is 26.3 Å². The molecule has 64 valence electrons. The zero-order chi connectivity index (χ0) is 7.33. The maximum absolute atomic E-state index is 12.1. The molecule has 0 aromatic carbocycles. The molecule has 0 amide bonds. The van der Waals surface area contributed by atoms with Crippen molar-refractivity contribution in [3.63, 3.8) is 0 Å². The summed E-state index contributed by atoms with van der Waals surface area (Å²) >= 11 is 0. The summed E-state index contributed by atoms with van der Waals surface area (Å²) < 4.78 is 28.4. The predicted octanol–water partition coefficient (Wildman–Crippen LogP) is 1.26. The zero-order valence-electron chi connectivity index (χ0n) is 5.99. The number of alkyl halides is 2. The normalized spacial score (nSPS) is 10.8. The minimum absolute atomic E-state index is 0. The molecule has 0 fully saturated rings. The highest BCUT2D eigenvalue weighted by atomic mass is 35.5. The van der Waals surface area contributed by atoms with Gasteiger partial charge in [0, 0.05) is 0 Å². The molecule has 0 aliphatic heterocycles. The molecule has 0 spiro atoms. The van der Waals surface area contributed by atoms with Gasteiger partial charge in [-0.15, -0.1) is 12.4 Å². The maximum Gasteiger partial charge on any atom is 0.368 e. The summed E-state index contributed by atoms with van der Waals surface area (Å²) in [5.74, 6) is 0. The quantitative estimate of drug-likeness (QED) is 0.695. The van der Waals surface area contributed by atoms with Gasteiger partial charge in [0.25, 0.3) is 0 Å². The molecule has 1 N–H and O–H groups in total. The Hall–Kier alpha value is 0.0700. The first-order valence-corrected chi connectivity index (χ1v) is 2.78. The van der Waals surface area contributed by atoms with Gasteiger partial charge in [-0.3, -0.25) is 0 Å². The number of halogens is 3. The molecule has 0 atom stereocenters. The number of ether oxygens (including phenoxy) is 1. The van der Waals surface area contributed by atoms with Crippen LogP contribution in [0.3, 0.4) is 0 Å². The van der Waals surface area contributed by atoms with Gasteiger partial charge in [0.1, 0.15) is 0 Å². The van der Waals surface area contributed by atoms with Crippen molar-refractivity contribution >= 4 is 12.4 Å². The minimum Gasteiger partial charge on any atom is -0.320 e. The first-order valence-electron chi connectivity index (χ1n) is 2.78. The van der Waals surface area contributed by atoms with Crippen molar-refractivity contribution < 1.29 is 13.5 Å². The summed E-state index contributed by atoms with van der Waals surface area (Å²) in [6, 6.07) is 0. The van der Waals surface area contributed by atoms with Crippen LogP contribution < -0.4 is 5.32 Å². The fourth-order valence-electron chi connectivity index (χ4n) is 0.468.